The van der Waals surface area contributed by atoms with Gasteiger partial charge in [-0.2, -0.15) is 5.26 Å². The van der Waals surface area contributed by atoms with Crippen LogP contribution < -0.4 is 5.46 Å². The van der Waals surface area contributed by atoms with E-state index in [9.17, 15) is 10.0 Å². The third-order valence-corrected chi connectivity index (χ3v) is 5.47. The van der Waals surface area contributed by atoms with Crippen LogP contribution in [0.25, 0.3) is 38.6 Å². The topological polar surface area (TPSA) is 69.2 Å². The molecule has 142 valence electrons. The second kappa shape index (κ2) is 7.20. The first-order valence-electron chi connectivity index (χ1n) is 9.66. The lowest BCUT2D eigenvalue weighted by Crippen LogP contribution is -2.29. The van der Waals surface area contributed by atoms with Crippen LogP contribution in [-0.4, -0.2) is 21.7 Å². The summed E-state index contributed by atoms with van der Waals surface area (Å²) in [7, 11) is -1.50. The maximum atomic E-state index is 9.58. The Morgan fingerprint density at radius 1 is 0.700 bits per heavy atom. The standard InChI is InChI=1S/C25H17BN2O2/c27-16-17-5-7-18(8-6-17)19-9-12-21(13-10-19)28-24-4-2-1-3-22(24)23-15-20(26(29)30)11-14-25(23)28/h1-15,29-30H. The van der Waals surface area contributed by atoms with Crippen molar-refractivity contribution in [2.24, 2.45) is 0 Å². The largest absolute Gasteiger partial charge is 0.488 e. The van der Waals surface area contributed by atoms with Crippen molar-refractivity contribution in [3.05, 3.63) is 96.6 Å². The monoisotopic (exact) mass is 388 g/mol. The Morgan fingerprint density at radius 2 is 1.33 bits per heavy atom. The van der Waals surface area contributed by atoms with Gasteiger partial charge in [-0.3, -0.25) is 0 Å². The molecule has 5 aromatic rings. The minimum atomic E-state index is -1.50. The third kappa shape index (κ3) is 2.96. The fourth-order valence-electron chi connectivity index (χ4n) is 3.97. The van der Waals surface area contributed by atoms with E-state index in [0.29, 0.717) is 11.0 Å². The Hall–Kier alpha value is -3.85. The number of para-hydroxylation sites is 1. The molecule has 0 bridgehead atoms. The Kier molecular flexibility index (Phi) is 4.37. The number of fused-ring (bicyclic) bond motifs is 3. The van der Waals surface area contributed by atoms with Crippen LogP contribution >= 0.6 is 0 Å². The molecule has 0 saturated carbocycles. The molecule has 0 aliphatic rings. The van der Waals surface area contributed by atoms with Crippen LogP contribution in [0.1, 0.15) is 5.56 Å². The van der Waals surface area contributed by atoms with Crippen molar-refractivity contribution in [3.63, 3.8) is 0 Å². The maximum Gasteiger partial charge on any atom is 0.488 e. The summed E-state index contributed by atoms with van der Waals surface area (Å²) in [5.74, 6) is 0. The summed E-state index contributed by atoms with van der Waals surface area (Å²) in [5, 5.41) is 30.2. The number of nitrogens with zero attached hydrogens (tertiary/aromatic N) is 2. The van der Waals surface area contributed by atoms with Gasteiger partial charge < -0.3 is 14.6 Å². The lowest BCUT2D eigenvalue weighted by Gasteiger charge is -2.10. The molecule has 0 amide bonds. The first-order chi connectivity index (χ1) is 14.7. The number of benzene rings is 4. The lowest BCUT2D eigenvalue weighted by atomic mass is 9.80. The van der Waals surface area contributed by atoms with Gasteiger partial charge in [-0.05, 0) is 53.0 Å². The van der Waals surface area contributed by atoms with E-state index in [-0.39, 0.29) is 0 Å². The second-order valence-corrected chi connectivity index (χ2v) is 7.24. The number of aromatic nitrogens is 1. The zero-order chi connectivity index (χ0) is 20.7. The molecule has 0 unspecified atom stereocenters. The van der Waals surface area contributed by atoms with Crippen molar-refractivity contribution in [1.82, 2.24) is 4.57 Å². The highest BCUT2D eigenvalue weighted by Gasteiger charge is 2.16. The Bertz CT molecular complexity index is 1410. The van der Waals surface area contributed by atoms with E-state index in [2.05, 4.69) is 41.0 Å². The molecule has 5 heteroatoms. The van der Waals surface area contributed by atoms with E-state index in [0.717, 1.165) is 38.6 Å². The van der Waals surface area contributed by atoms with Gasteiger partial charge in [0.05, 0.1) is 22.7 Å². The molecule has 1 heterocycles. The van der Waals surface area contributed by atoms with E-state index in [1.54, 1.807) is 6.07 Å². The van der Waals surface area contributed by atoms with Crippen LogP contribution in [0.3, 0.4) is 0 Å². The van der Waals surface area contributed by atoms with E-state index in [1.165, 1.54) is 0 Å². The molecule has 0 aliphatic heterocycles. The van der Waals surface area contributed by atoms with Crippen LogP contribution in [0.2, 0.25) is 0 Å². The normalized spacial score (nSPS) is 11.0. The van der Waals surface area contributed by atoms with Crippen LogP contribution in [0.4, 0.5) is 0 Å². The molecule has 2 N–H and O–H groups in total. The number of hydrogen-bond donors (Lipinski definition) is 2. The van der Waals surface area contributed by atoms with Gasteiger partial charge in [0.2, 0.25) is 0 Å². The average Bonchev–Trinajstić information content (AvgIpc) is 3.13. The van der Waals surface area contributed by atoms with E-state index < -0.39 is 7.12 Å². The summed E-state index contributed by atoms with van der Waals surface area (Å²) in [6.07, 6.45) is 0. The summed E-state index contributed by atoms with van der Waals surface area (Å²) < 4.78 is 2.18. The van der Waals surface area contributed by atoms with Gasteiger partial charge in [0.1, 0.15) is 0 Å². The molecule has 30 heavy (non-hydrogen) atoms. The van der Waals surface area contributed by atoms with E-state index in [1.807, 2.05) is 54.6 Å². The van der Waals surface area contributed by atoms with E-state index >= 15 is 0 Å². The quantitative estimate of drug-likeness (QED) is 0.459. The molecule has 4 nitrogen and oxygen atoms in total. The Morgan fingerprint density at radius 3 is 2.00 bits per heavy atom. The number of nitriles is 1. The number of hydrogen-bond acceptors (Lipinski definition) is 3. The molecular weight excluding hydrogens is 371 g/mol. The predicted octanol–water partition coefficient (Wildman–Crippen LogP) is 4.00. The van der Waals surface area contributed by atoms with Gasteiger partial charge in [0.15, 0.2) is 0 Å². The van der Waals surface area contributed by atoms with Gasteiger partial charge in [0, 0.05) is 16.5 Å². The second-order valence-electron chi connectivity index (χ2n) is 7.24. The Balaban J connectivity index is 1.65. The minimum Gasteiger partial charge on any atom is -0.423 e. The van der Waals surface area contributed by atoms with Crippen LogP contribution in [-0.2, 0) is 0 Å². The zero-order valence-electron chi connectivity index (χ0n) is 16.0. The first kappa shape index (κ1) is 18.2. The summed E-state index contributed by atoms with van der Waals surface area (Å²) in [6, 6.07) is 31.6. The van der Waals surface area contributed by atoms with Gasteiger partial charge in [-0.1, -0.05) is 54.6 Å². The summed E-state index contributed by atoms with van der Waals surface area (Å²) >= 11 is 0. The van der Waals surface area contributed by atoms with Crippen molar-refractivity contribution < 1.29 is 10.0 Å². The lowest BCUT2D eigenvalue weighted by molar-refractivity contribution is 0.426. The SMILES string of the molecule is N#Cc1ccc(-c2ccc(-n3c4ccccc4c4cc(B(O)O)ccc43)cc2)cc1. The van der Waals surface area contributed by atoms with Gasteiger partial charge in [-0.25, -0.2) is 0 Å². The molecule has 0 saturated heterocycles. The van der Waals surface area contributed by atoms with Gasteiger partial charge in [-0.15, -0.1) is 0 Å². The van der Waals surface area contributed by atoms with Crippen molar-refractivity contribution in [2.75, 3.05) is 0 Å². The number of rotatable bonds is 3. The van der Waals surface area contributed by atoms with Crippen molar-refractivity contribution in [1.29, 1.82) is 5.26 Å². The minimum absolute atomic E-state index is 0.474. The highest BCUT2D eigenvalue weighted by Crippen LogP contribution is 2.32. The van der Waals surface area contributed by atoms with Crippen LogP contribution in [0.5, 0.6) is 0 Å². The smallest absolute Gasteiger partial charge is 0.423 e. The molecule has 0 fully saturated rings. The average molecular weight is 388 g/mol. The molecule has 0 spiro atoms. The molecular formula is C25H17BN2O2. The summed E-state index contributed by atoms with van der Waals surface area (Å²) in [4.78, 5) is 0. The third-order valence-electron chi connectivity index (χ3n) is 5.47. The van der Waals surface area contributed by atoms with Crippen molar-refractivity contribution >= 4 is 34.4 Å². The summed E-state index contributed by atoms with van der Waals surface area (Å²) in [6.45, 7) is 0. The first-order valence-corrected chi connectivity index (χ1v) is 9.66. The highest BCUT2D eigenvalue weighted by molar-refractivity contribution is 6.59. The zero-order valence-corrected chi connectivity index (χ0v) is 16.0. The molecule has 4 aromatic carbocycles. The van der Waals surface area contributed by atoms with Crippen LogP contribution in [0, 0.1) is 11.3 Å². The van der Waals surface area contributed by atoms with Crippen LogP contribution in [0.15, 0.2) is 91.0 Å². The highest BCUT2D eigenvalue weighted by atomic mass is 16.4. The predicted molar refractivity (Wildman–Crippen MR) is 121 cm³/mol. The molecule has 5 rings (SSSR count). The molecule has 0 aliphatic carbocycles. The van der Waals surface area contributed by atoms with Crippen molar-refractivity contribution in [2.45, 2.75) is 0 Å². The fourth-order valence-corrected chi connectivity index (χ4v) is 3.97. The van der Waals surface area contributed by atoms with Crippen molar-refractivity contribution in [3.8, 4) is 22.9 Å². The van der Waals surface area contributed by atoms with Gasteiger partial charge >= 0.3 is 7.12 Å². The molecule has 0 atom stereocenters. The van der Waals surface area contributed by atoms with E-state index in [4.69, 9.17) is 5.26 Å². The van der Waals surface area contributed by atoms with Gasteiger partial charge in [0.25, 0.3) is 0 Å². The maximum absolute atomic E-state index is 9.58. The summed E-state index contributed by atoms with van der Waals surface area (Å²) in [5.41, 5.74) is 6.35. The Labute approximate surface area is 174 Å². The molecule has 1 aromatic heterocycles. The fraction of sp³-hybridized carbons (Fsp3) is 0. The molecule has 0 radical (unpaired) electrons.